The van der Waals surface area contributed by atoms with E-state index in [2.05, 4.69) is 10.6 Å². The summed E-state index contributed by atoms with van der Waals surface area (Å²) in [5.74, 6) is -1.22. The second-order valence-electron chi connectivity index (χ2n) is 5.35. The maximum absolute atomic E-state index is 12.4. The molecule has 2 heterocycles. The third kappa shape index (κ3) is 2.24. The Bertz CT molecular complexity index is 698. The van der Waals surface area contributed by atoms with Gasteiger partial charge < -0.3 is 10.2 Å². The van der Waals surface area contributed by atoms with Crippen molar-refractivity contribution in [3.05, 3.63) is 34.9 Å². The first-order valence-electron chi connectivity index (χ1n) is 7.01. The second-order valence-corrected chi connectivity index (χ2v) is 5.35. The highest BCUT2D eigenvalue weighted by molar-refractivity contribution is 6.06. The van der Waals surface area contributed by atoms with Crippen molar-refractivity contribution in [2.24, 2.45) is 0 Å². The number of carbonyl (C=O) groups is 4. The number of amides is 4. The monoisotopic (exact) mass is 301 g/mol. The van der Waals surface area contributed by atoms with Gasteiger partial charge in [-0.2, -0.15) is 0 Å². The molecule has 1 unspecified atom stereocenters. The van der Waals surface area contributed by atoms with Crippen LogP contribution < -0.4 is 10.6 Å². The molecule has 4 amide bonds. The second kappa shape index (κ2) is 5.25. The quantitative estimate of drug-likeness (QED) is 0.740. The van der Waals surface area contributed by atoms with E-state index in [-0.39, 0.29) is 30.7 Å². The molecule has 7 nitrogen and oxygen atoms in total. The molecule has 0 radical (unpaired) electrons. The van der Waals surface area contributed by atoms with Crippen molar-refractivity contribution in [1.29, 1.82) is 0 Å². The minimum atomic E-state index is -0.638. The Morgan fingerprint density at radius 1 is 1.32 bits per heavy atom. The average molecular weight is 301 g/mol. The lowest BCUT2D eigenvalue weighted by Crippen LogP contribution is -2.52. The summed E-state index contributed by atoms with van der Waals surface area (Å²) in [5, 5.41) is 4.79. The van der Waals surface area contributed by atoms with Crippen LogP contribution in [-0.4, -0.2) is 41.6 Å². The molecular formula is C15H15N3O4. The maximum Gasteiger partial charge on any atom is 0.255 e. The van der Waals surface area contributed by atoms with Crippen molar-refractivity contribution in [2.45, 2.75) is 25.4 Å². The van der Waals surface area contributed by atoms with E-state index in [9.17, 15) is 19.2 Å². The van der Waals surface area contributed by atoms with Crippen molar-refractivity contribution in [3.63, 3.8) is 0 Å². The first kappa shape index (κ1) is 14.2. The molecule has 1 aromatic rings. The summed E-state index contributed by atoms with van der Waals surface area (Å²) in [6.45, 7) is 0.269. The van der Waals surface area contributed by atoms with Gasteiger partial charge >= 0.3 is 0 Å². The van der Waals surface area contributed by atoms with E-state index in [1.807, 2.05) is 0 Å². The Morgan fingerprint density at radius 3 is 2.77 bits per heavy atom. The highest BCUT2D eigenvalue weighted by atomic mass is 16.2. The van der Waals surface area contributed by atoms with Gasteiger partial charge in [0.15, 0.2) is 0 Å². The normalized spacial score (nSPS) is 20.7. The van der Waals surface area contributed by atoms with Gasteiger partial charge in [0, 0.05) is 31.1 Å². The van der Waals surface area contributed by atoms with Crippen molar-refractivity contribution in [2.75, 3.05) is 7.05 Å². The van der Waals surface area contributed by atoms with Gasteiger partial charge in [-0.25, -0.2) is 0 Å². The van der Waals surface area contributed by atoms with Crippen LogP contribution in [0.5, 0.6) is 0 Å². The maximum atomic E-state index is 12.4. The Morgan fingerprint density at radius 2 is 2.09 bits per heavy atom. The van der Waals surface area contributed by atoms with Gasteiger partial charge in [-0.1, -0.05) is 0 Å². The van der Waals surface area contributed by atoms with Crippen LogP contribution in [0.3, 0.4) is 0 Å². The highest BCUT2D eigenvalue weighted by Crippen LogP contribution is 2.28. The van der Waals surface area contributed by atoms with E-state index in [0.29, 0.717) is 17.5 Å². The zero-order valence-corrected chi connectivity index (χ0v) is 12.0. The van der Waals surface area contributed by atoms with Gasteiger partial charge in [-0.3, -0.25) is 24.5 Å². The van der Waals surface area contributed by atoms with Crippen molar-refractivity contribution in [1.82, 2.24) is 15.5 Å². The minimum Gasteiger partial charge on any atom is -0.355 e. The van der Waals surface area contributed by atoms with Gasteiger partial charge in [0.25, 0.3) is 11.8 Å². The average Bonchev–Trinajstić information content (AvgIpc) is 2.83. The van der Waals surface area contributed by atoms with E-state index in [1.165, 1.54) is 11.9 Å². The fourth-order valence-corrected chi connectivity index (χ4v) is 2.86. The number of imide groups is 1. The van der Waals surface area contributed by atoms with E-state index in [1.54, 1.807) is 18.2 Å². The lowest BCUT2D eigenvalue weighted by Gasteiger charge is -2.29. The molecule has 22 heavy (non-hydrogen) atoms. The van der Waals surface area contributed by atoms with Crippen LogP contribution >= 0.6 is 0 Å². The lowest BCUT2D eigenvalue weighted by molar-refractivity contribution is -0.136. The van der Waals surface area contributed by atoms with Crippen LogP contribution in [0, 0.1) is 0 Å². The molecule has 114 valence electrons. The van der Waals surface area contributed by atoms with Crippen LogP contribution in [0.15, 0.2) is 18.2 Å². The number of fused-ring (bicyclic) bond motifs is 1. The fraction of sp³-hybridized carbons (Fsp3) is 0.333. The number of hydrogen-bond acceptors (Lipinski definition) is 4. The fourth-order valence-electron chi connectivity index (χ4n) is 2.86. The molecule has 1 aromatic carbocycles. The number of nitrogens with one attached hydrogen (secondary N) is 2. The molecular weight excluding hydrogens is 286 g/mol. The molecule has 1 fully saturated rings. The minimum absolute atomic E-state index is 0.222. The zero-order valence-electron chi connectivity index (χ0n) is 12.0. The molecule has 1 saturated heterocycles. The molecule has 0 bridgehead atoms. The van der Waals surface area contributed by atoms with Gasteiger partial charge in [-0.15, -0.1) is 0 Å². The van der Waals surface area contributed by atoms with Crippen LogP contribution in [0.4, 0.5) is 0 Å². The van der Waals surface area contributed by atoms with Crippen molar-refractivity contribution >= 4 is 23.6 Å². The van der Waals surface area contributed by atoms with Crippen LogP contribution in [-0.2, 0) is 16.1 Å². The Kier molecular flexibility index (Phi) is 3.40. The molecule has 7 heteroatoms. The summed E-state index contributed by atoms with van der Waals surface area (Å²) in [4.78, 5) is 48.7. The van der Waals surface area contributed by atoms with E-state index in [0.717, 1.165) is 5.56 Å². The molecule has 0 aromatic heterocycles. The third-order valence-corrected chi connectivity index (χ3v) is 4.01. The van der Waals surface area contributed by atoms with E-state index in [4.69, 9.17) is 0 Å². The standard InChI is InChI=1S/C15H15N3O4/c1-16-13(20)8-2-3-10-9(6-8)7-18(15(10)22)11-4-5-12(19)17-14(11)21/h2-3,6,11H,4-5,7H2,1H3,(H,16,20)(H,17,19,21). The predicted molar refractivity (Wildman–Crippen MR) is 75.9 cm³/mol. The summed E-state index contributed by atoms with van der Waals surface area (Å²) in [7, 11) is 1.54. The smallest absolute Gasteiger partial charge is 0.255 e. The number of hydrogen-bond donors (Lipinski definition) is 2. The summed E-state index contributed by atoms with van der Waals surface area (Å²) >= 11 is 0. The molecule has 0 saturated carbocycles. The van der Waals surface area contributed by atoms with Crippen molar-refractivity contribution < 1.29 is 19.2 Å². The zero-order chi connectivity index (χ0) is 15.9. The predicted octanol–water partition coefficient (Wildman–Crippen LogP) is -0.193. The Hall–Kier alpha value is -2.70. The van der Waals surface area contributed by atoms with E-state index < -0.39 is 11.9 Å². The van der Waals surface area contributed by atoms with Crippen LogP contribution in [0.1, 0.15) is 39.1 Å². The summed E-state index contributed by atoms with van der Waals surface area (Å²) < 4.78 is 0. The van der Waals surface area contributed by atoms with Gasteiger partial charge in [0.2, 0.25) is 11.8 Å². The Balaban J connectivity index is 1.86. The topological polar surface area (TPSA) is 95.6 Å². The number of rotatable bonds is 2. The Labute approximate surface area is 126 Å². The molecule has 2 aliphatic heterocycles. The molecule has 2 aliphatic rings. The first-order valence-corrected chi connectivity index (χ1v) is 7.01. The number of nitrogens with zero attached hydrogens (tertiary/aromatic N) is 1. The summed E-state index contributed by atoms with van der Waals surface area (Å²) in [5.41, 5.74) is 1.69. The van der Waals surface area contributed by atoms with E-state index >= 15 is 0 Å². The highest BCUT2D eigenvalue weighted by Gasteiger charge is 2.39. The summed E-state index contributed by atoms with van der Waals surface area (Å²) in [6.07, 6.45) is 0.548. The van der Waals surface area contributed by atoms with Crippen LogP contribution in [0.25, 0.3) is 0 Å². The molecule has 3 rings (SSSR count). The molecule has 0 aliphatic carbocycles. The van der Waals surface area contributed by atoms with Gasteiger partial charge in [-0.05, 0) is 30.2 Å². The van der Waals surface area contributed by atoms with Crippen LogP contribution in [0.2, 0.25) is 0 Å². The molecule has 1 atom stereocenters. The first-order chi connectivity index (χ1) is 10.5. The SMILES string of the molecule is CNC(=O)c1ccc2c(c1)CN(C1CCC(=O)NC1=O)C2=O. The number of benzene rings is 1. The molecule has 2 N–H and O–H groups in total. The van der Waals surface area contributed by atoms with Crippen molar-refractivity contribution in [3.8, 4) is 0 Å². The lowest BCUT2D eigenvalue weighted by atomic mass is 10.0. The van der Waals surface area contributed by atoms with Gasteiger partial charge in [0.1, 0.15) is 6.04 Å². The largest absolute Gasteiger partial charge is 0.355 e. The van der Waals surface area contributed by atoms with Gasteiger partial charge in [0.05, 0.1) is 0 Å². The number of piperidine rings is 1. The summed E-state index contributed by atoms with van der Waals surface area (Å²) in [6, 6.07) is 4.22. The number of carbonyl (C=O) groups excluding carboxylic acids is 4. The third-order valence-electron chi connectivity index (χ3n) is 4.01. The molecule has 0 spiro atoms.